The molecule has 0 amide bonds. The Kier molecular flexibility index (Phi) is 4.34. The summed E-state index contributed by atoms with van der Waals surface area (Å²) in [4.78, 5) is 11.3. The van der Waals surface area contributed by atoms with E-state index in [1.165, 1.54) is 6.92 Å². The molecule has 0 spiro atoms. The average Bonchev–Trinajstić information content (AvgIpc) is 2.25. The van der Waals surface area contributed by atoms with Crippen molar-refractivity contribution in [2.24, 2.45) is 0 Å². The van der Waals surface area contributed by atoms with Crippen molar-refractivity contribution in [2.75, 3.05) is 0 Å². The van der Waals surface area contributed by atoms with E-state index in [4.69, 9.17) is 0 Å². The highest BCUT2D eigenvalue weighted by Crippen LogP contribution is 2.43. The van der Waals surface area contributed by atoms with Crippen molar-refractivity contribution in [3.8, 4) is 0 Å². The van der Waals surface area contributed by atoms with E-state index in [2.05, 4.69) is 4.74 Å². The maximum absolute atomic E-state index is 12.4. The summed E-state index contributed by atoms with van der Waals surface area (Å²) in [7, 11) is 0. The fourth-order valence-corrected chi connectivity index (χ4v) is 2.09. The Balaban J connectivity index is 3.02. The monoisotopic (exact) mass is 307 g/mol. The van der Waals surface area contributed by atoms with Gasteiger partial charge in [0.15, 0.2) is 5.60 Å². The third kappa shape index (κ3) is 3.02. The van der Waals surface area contributed by atoms with Crippen LogP contribution in [0.2, 0.25) is 0 Å². The molecule has 0 aromatic rings. The Morgan fingerprint density at radius 2 is 1.40 bits per heavy atom. The van der Waals surface area contributed by atoms with Gasteiger partial charge in [0.1, 0.15) is 5.60 Å². The van der Waals surface area contributed by atoms with Gasteiger partial charge in [0, 0.05) is 0 Å². The average molecular weight is 307 g/mol. The minimum Gasteiger partial charge on any atom is -0.828 e. The van der Waals surface area contributed by atoms with Gasteiger partial charge in [-0.1, -0.05) is 6.42 Å². The van der Waals surface area contributed by atoms with E-state index in [0.29, 0.717) is 12.8 Å². The Hall–Kier alpha value is -0.990. The lowest BCUT2D eigenvalue weighted by molar-refractivity contribution is -0.575. The predicted molar refractivity (Wildman–Crippen MR) is 52.4 cm³/mol. The molecule has 1 rings (SSSR count). The molecule has 0 atom stereocenters. The standard InChI is InChI=1S/C11H13F6O3/c1-8(5-3-2-4-6-8)20-7(18)9(19,10(12,13)14)11(15,16)17/h2-6H2,1H3/q-1. The number of alkyl halides is 6. The lowest BCUT2D eigenvalue weighted by Crippen LogP contribution is -2.72. The lowest BCUT2D eigenvalue weighted by atomic mass is 9.86. The summed E-state index contributed by atoms with van der Waals surface area (Å²) in [6, 6.07) is 0. The van der Waals surface area contributed by atoms with Gasteiger partial charge in [-0.25, -0.2) is 0 Å². The summed E-state index contributed by atoms with van der Waals surface area (Å²) < 4.78 is 78.7. The maximum Gasteiger partial charge on any atom is 0.399 e. The zero-order chi connectivity index (χ0) is 15.8. The number of rotatable bonds is 2. The number of carbonyl (C=O) groups excluding carboxylic acids is 1. The molecular formula is C11H13F6O3-. The molecule has 9 heteroatoms. The molecular weight excluding hydrogens is 294 g/mol. The summed E-state index contributed by atoms with van der Waals surface area (Å²) in [6.45, 7) is 1.23. The van der Waals surface area contributed by atoms with Crippen molar-refractivity contribution in [2.45, 2.75) is 62.6 Å². The number of halogens is 6. The second-order valence-corrected chi connectivity index (χ2v) is 5.08. The smallest absolute Gasteiger partial charge is 0.399 e. The second kappa shape index (κ2) is 5.09. The lowest BCUT2D eigenvalue weighted by Gasteiger charge is -2.43. The summed E-state index contributed by atoms with van der Waals surface area (Å²) in [5.74, 6) is -2.83. The summed E-state index contributed by atoms with van der Waals surface area (Å²) >= 11 is 0. The minimum atomic E-state index is -6.31. The van der Waals surface area contributed by atoms with Crippen LogP contribution < -0.4 is 5.11 Å². The first-order valence-electron chi connectivity index (χ1n) is 5.91. The quantitative estimate of drug-likeness (QED) is 0.582. The van der Waals surface area contributed by atoms with Crippen molar-refractivity contribution < 1.29 is 41.0 Å². The fraction of sp³-hybridized carbons (Fsp3) is 0.909. The van der Waals surface area contributed by atoms with Crippen LogP contribution in [0.1, 0.15) is 39.0 Å². The largest absolute Gasteiger partial charge is 0.828 e. The zero-order valence-corrected chi connectivity index (χ0v) is 10.5. The van der Waals surface area contributed by atoms with Crippen LogP contribution in [0.25, 0.3) is 0 Å². The number of ether oxygens (including phenoxy) is 1. The van der Waals surface area contributed by atoms with Crippen LogP contribution in [0, 0.1) is 0 Å². The SMILES string of the molecule is CC1(OC(=O)C([O-])(C(F)(F)F)C(F)(F)F)CCCCC1. The topological polar surface area (TPSA) is 49.4 Å². The first-order chi connectivity index (χ1) is 8.83. The Morgan fingerprint density at radius 1 is 1.00 bits per heavy atom. The van der Waals surface area contributed by atoms with Crippen LogP contribution in [0.15, 0.2) is 0 Å². The fourth-order valence-electron chi connectivity index (χ4n) is 2.09. The molecule has 0 bridgehead atoms. The molecule has 0 N–H and O–H groups in total. The summed E-state index contributed by atoms with van der Waals surface area (Å²) in [5.41, 5.74) is -7.21. The molecule has 118 valence electrons. The predicted octanol–water partition coefficient (Wildman–Crippen LogP) is 2.48. The van der Waals surface area contributed by atoms with E-state index in [-0.39, 0.29) is 12.8 Å². The molecule has 0 unspecified atom stereocenters. The molecule has 1 aliphatic carbocycles. The molecule has 0 aliphatic heterocycles. The highest BCUT2D eigenvalue weighted by molar-refractivity contribution is 5.81. The highest BCUT2D eigenvalue weighted by Gasteiger charge is 2.68. The van der Waals surface area contributed by atoms with Gasteiger partial charge < -0.3 is 9.84 Å². The molecule has 0 aromatic carbocycles. The molecule has 0 radical (unpaired) electrons. The third-order valence-electron chi connectivity index (χ3n) is 3.34. The highest BCUT2D eigenvalue weighted by atomic mass is 19.4. The van der Waals surface area contributed by atoms with E-state index >= 15 is 0 Å². The van der Waals surface area contributed by atoms with E-state index in [1.54, 1.807) is 0 Å². The third-order valence-corrected chi connectivity index (χ3v) is 3.34. The summed E-state index contributed by atoms with van der Waals surface area (Å²) in [6.07, 6.45) is -10.6. The van der Waals surface area contributed by atoms with Crippen molar-refractivity contribution in [3.63, 3.8) is 0 Å². The van der Waals surface area contributed by atoms with Gasteiger partial charge in [-0.15, -0.1) is 0 Å². The molecule has 3 nitrogen and oxygen atoms in total. The number of hydrogen-bond donors (Lipinski definition) is 0. The van der Waals surface area contributed by atoms with Gasteiger partial charge in [0.05, 0.1) is 0 Å². The maximum atomic E-state index is 12.4. The second-order valence-electron chi connectivity index (χ2n) is 5.08. The number of hydrogen-bond acceptors (Lipinski definition) is 3. The molecule has 20 heavy (non-hydrogen) atoms. The van der Waals surface area contributed by atoms with Gasteiger partial charge in [-0.2, -0.15) is 26.3 Å². The van der Waals surface area contributed by atoms with E-state index < -0.39 is 29.5 Å². The van der Waals surface area contributed by atoms with Crippen LogP contribution in [0.4, 0.5) is 26.3 Å². The Morgan fingerprint density at radius 3 is 1.75 bits per heavy atom. The first-order valence-corrected chi connectivity index (χ1v) is 5.91. The van der Waals surface area contributed by atoms with E-state index in [9.17, 15) is 36.2 Å². The van der Waals surface area contributed by atoms with Crippen LogP contribution in [0.5, 0.6) is 0 Å². The normalized spacial score (nSPS) is 20.6. The summed E-state index contributed by atoms with van der Waals surface area (Å²) in [5, 5.41) is 11.1. The molecule has 1 aliphatic rings. The first kappa shape index (κ1) is 17.1. The van der Waals surface area contributed by atoms with Gasteiger partial charge in [-0.3, -0.25) is 4.79 Å². The molecule has 1 saturated carbocycles. The Labute approximate surface area is 110 Å². The van der Waals surface area contributed by atoms with Gasteiger partial charge in [0.25, 0.3) is 0 Å². The van der Waals surface area contributed by atoms with Gasteiger partial charge >= 0.3 is 18.3 Å². The zero-order valence-electron chi connectivity index (χ0n) is 10.5. The Bertz CT molecular complexity index is 353. The number of carbonyl (C=O) groups is 1. The van der Waals surface area contributed by atoms with Crippen LogP contribution in [-0.4, -0.2) is 29.5 Å². The van der Waals surface area contributed by atoms with Crippen molar-refractivity contribution in [3.05, 3.63) is 0 Å². The van der Waals surface area contributed by atoms with Crippen LogP contribution in [-0.2, 0) is 9.53 Å². The molecule has 1 fully saturated rings. The minimum absolute atomic E-state index is 0.129. The molecule has 0 saturated heterocycles. The molecule has 0 heterocycles. The van der Waals surface area contributed by atoms with Crippen LogP contribution in [0.3, 0.4) is 0 Å². The molecule has 0 aromatic heterocycles. The van der Waals surface area contributed by atoms with Crippen molar-refractivity contribution in [1.82, 2.24) is 0 Å². The van der Waals surface area contributed by atoms with Crippen LogP contribution >= 0.6 is 0 Å². The van der Waals surface area contributed by atoms with Crippen molar-refractivity contribution in [1.29, 1.82) is 0 Å². The van der Waals surface area contributed by atoms with E-state index in [0.717, 1.165) is 6.42 Å². The van der Waals surface area contributed by atoms with Gasteiger partial charge in [0.2, 0.25) is 0 Å². The van der Waals surface area contributed by atoms with E-state index in [1.807, 2.05) is 0 Å². The van der Waals surface area contributed by atoms with Gasteiger partial charge in [-0.05, 0) is 32.6 Å². The van der Waals surface area contributed by atoms with Crippen molar-refractivity contribution >= 4 is 5.97 Å². The number of esters is 1.